The van der Waals surface area contributed by atoms with E-state index in [9.17, 15) is 16.8 Å². The van der Waals surface area contributed by atoms with Crippen LogP contribution in [0.3, 0.4) is 0 Å². The number of nitrogens with one attached hydrogen (secondary N) is 2. The molecular weight excluding hydrogens is 404 g/mol. The van der Waals surface area contributed by atoms with E-state index in [2.05, 4.69) is 14.6 Å². The van der Waals surface area contributed by atoms with Gasteiger partial charge >= 0.3 is 0 Å². The summed E-state index contributed by atoms with van der Waals surface area (Å²) in [6.45, 7) is 1.62. The average molecular weight is 418 g/mol. The summed E-state index contributed by atoms with van der Waals surface area (Å²) in [7, 11) is -7.78. The molecule has 0 unspecified atom stereocenters. The normalized spacial score (nSPS) is 11.6. The van der Waals surface area contributed by atoms with Crippen molar-refractivity contribution in [1.82, 2.24) is 5.16 Å². The topological polar surface area (TPSA) is 142 Å². The van der Waals surface area contributed by atoms with Crippen LogP contribution in [0.5, 0.6) is 0 Å². The summed E-state index contributed by atoms with van der Waals surface area (Å²) in [5.74, 6) is 0.494. The second-order valence-electron chi connectivity index (χ2n) is 5.69. The summed E-state index contributed by atoms with van der Waals surface area (Å²) in [6.07, 6.45) is 0. The van der Waals surface area contributed by atoms with Gasteiger partial charge in [-0.25, -0.2) is 16.8 Å². The van der Waals surface area contributed by atoms with Crippen molar-refractivity contribution in [3.63, 3.8) is 0 Å². The fourth-order valence-electron chi connectivity index (χ4n) is 2.24. The third-order valence-electron chi connectivity index (χ3n) is 3.58. The predicted molar refractivity (Wildman–Crippen MR) is 100 cm³/mol. The second-order valence-corrected chi connectivity index (χ2v) is 9.06. The highest BCUT2D eigenvalue weighted by atomic mass is 32.2. The monoisotopic (exact) mass is 418 g/mol. The molecule has 0 atom stereocenters. The molecule has 0 saturated carbocycles. The number of nitrogens with zero attached hydrogens (tertiary/aromatic N) is 2. The standard InChI is InChI=1S/C17H14N4O5S2/c1-12-10-17(19-26-12)21-28(24,25)16-8-4-14(5-9-16)20-27(22,23)15-6-2-13(11-18)3-7-15/h2-10,20H,1H3,(H,19,21). The maximum atomic E-state index is 12.4. The van der Waals surface area contributed by atoms with Crippen LogP contribution in [0.4, 0.5) is 11.5 Å². The lowest BCUT2D eigenvalue weighted by Gasteiger charge is -2.09. The summed E-state index contributed by atoms with van der Waals surface area (Å²) >= 11 is 0. The van der Waals surface area contributed by atoms with Gasteiger partial charge in [0.2, 0.25) is 0 Å². The van der Waals surface area contributed by atoms with E-state index in [0.717, 1.165) is 0 Å². The highest BCUT2D eigenvalue weighted by molar-refractivity contribution is 7.93. The SMILES string of the molecule is Cc1cc(NS(=O)(=O)c2ccc(NS(=O)(=O)c3ccc(C#N)cc3)cc2)no1. The molecule has 0 amide bonds. The molecule has 0 bridgehead atoms. The number of aryl methyl sites for hydroxylation is 1. The van der Waals surface area contributed by atoms with Gasteiger partial charge in [-0.05, 0) is 55.5 Å². The highest BCUT2D eigenvalue weighted by Crippen LogP contribution is 2.20. The van der Waals surface area contributed by atoms with E-state index < -0.39 is 20.0 Å². The van der Waals surface area contributed by atoms with Crippen LogP contribution in [-0.4, -0.2) is 22.0 Å². The number of hydrogen-bond acceptors (Lipinski definition) is 7. The van der Waals surface area contributed by atoms with Crippen LogP contribution in [0.2, 0.25) is 0 Å². The fraction of sp³-hybridized carbons (Fsp3) is 0.0588. The summed E-state index contributed by atoms with van der Waals surface area (Å²) in [6, 6.07) is 13.9. The summed E-state index contributed by atoms with van der Waals surface area (Å²) < 4.78 is 58.8. The Morgan fingerprint density at radius 2 is 1.43 bits per heavy atom. The van der Waals surface area contributed by atoms with Gasteiger partial charge < -0.3 is 4.52 Å². The Bertz CT molecular complexity index is 1240. The van der Waals surface area contributed by atoms with Gasteiger partial charge in [0.25, 0.3) is 20.0 Å². The van der Waals surface area contributed by atoms with Crippen LogP contribution in [0.15, 0.2) is 68.9 Å². The molecule has 0 aliphatic rings. The molecule has 0 spiro atoms. The minimum atomic E-state index is -3.90. The van der Waals surface area contributed by atoms with Crippen molar-refractivity contribution in [2.45, 2.75) is 16.7 Å². The molecule has 0 fully saturated rings. The van der Waals surface area contributed by atoms with E-state index in [4.69, 9.17) is 9.78 Å². The number of nitriles is 1. The van der Waals surface area contributed by atoms with Gasteiger partial charge in [0, 0.05) is 11.8 Å². The molecule has 11 heteroatoms. The Labute approximate surface area is 161 Å². The van der Waals surface area contributed by atoms with Crippen LogP contribution in [0.25, 0.3) is 0 Å². The number of benzene rings is 2. The quantitative estimate of drug-likeness (QED) is 0.626. The third-order valence-corrected chi connectivity index (χ3v) is 6.35. The van der Waals surface area contributed by atoms with E-state index in [1.54, 1.807) is 6.92 Å². The van der Waals surface area contributed by atoms with E-state index >= 15 is 0 Å². The Kier molecular flexibility index (Phi) is 5.08. The van der Waals surface area contributed by atoms with Gasteiger partial charge in [0.1, 0.15) is 5.76 Å². The zero-order chi connectivity index (χ0) is 20.4. The fourth-order valence-corrected chi connectivity index (χ4v) is 4.28. The van der Waals surface area contributed by atoms with Crippen molar-refractivity contribution in [1.29, 1.82) is 5.26 Å². The van der Waals surface area contributed by atoms with Gasteiger partial charge in [-0.3, -0.25) is 9.44 Å². The van der Waals surface area contributed by atoms with Crippen LogP contribution < -0.4 is 9.44 Å². The Balaban J connectivity index is 1.77. The van der Waals surface area contributed by atoms with E-state index in [0.29, 0.717) is 11.3 Å². The summed E-state index contributed by atoms with van der Waals surface area (Å²) in [5.41, 5.74) is 0.518. The van der Waals surface area contributed by atoms with E-state index in [1.807, 2.05) is 6.07 Å². The molecule has 0 radical (unpaired) electrons. The molecule has 144 valence electrons. The van der Waals surface area contributed by atoms with Crippen LogP contribution in [0.1, 0.15) is 11.3 Å². The molecule has 2 N–H and O–H groups in total. The largest absolute Gasteiger partial charge is 0.360 e. The van der Waals surface area contributed by atoms with Crippen molar-refractivity contribution >= 4 is 31.6 Å². The number of hydrogen-bond donors (Lipinski definition) is 2. The van der Waals surface area contributed by atoms with Crippen molar-refractivity contribution in [2.75, 3.05) is 9.44 Å². The molecule has 0 aliphatic heterocycles. The summed E-state index contributed by atoms with van der Waals surface area (Å²) in [4.78, 5) is -0.0965. The number of sulfonamides is 2. The van der Waals surface area contributed by atoms with Gasteiger partial charge in [-0.2, -0.15) is 5.26 Å². The Hall–Kier alpha value is -3.36. The van der Waals surface area contributed by atoms with Crippen molar-refractivity contribution in [3.8, 4) is 6.07 Å². The van der Waals surface area contributed by atoms with E-state index in [-0.39, 0.29) is 21.3 Å². The molecule has 3 aromatic rings. The lowest BCUT2D eigenvalue weighted by molar-refractivity contribution is 0.400. The van der Waals surface area contributed by atoms with Crippen molar-refractivity contribution in [2.24, 2.45) is 0 Å². The van der Waals surface area contributed by atoms with Crippen molar-refractivity contribution < 1.29 is 21.4 Å². The summed E-state index contributed by atoms with van der Waals surface area (Å²) in [5, 5.41) is 12.3. The van der Waals surface area contributed by atoms with Gasteiger partial charge in [0.15, 0.2) is 5.82 Å². The van der Waals surface area contributed by atoms with Crippen LogP contribution in [-0.2, 0) is 20.0 Å². The first-order valence-corrected chi connectivity index (χ1v) is 10.8. The number of aromatic nitrogens is 1. The Morgan fingerprint density at radius 3 is 1.93 bits per heavy atom. The molecule has 28 heavy (non-hydrogen) atoms. The average Bonchev–Trinajstić information content (AvgIpc) is 3.06. The first kappa shape index (κ1) is 19.4. The maximum Gasteiger partial charge on any atom is 0.263 e. The molecule has 9 nitrogen and oxygen atoms in total. The number of anilines is 2. The highest BCUT2D eigenvalue weighted by Gasteiger charge is 2.18. The first-order chi connectivity index (χ1) is 13.2. The molecule has 1 heterocycles. The molecule has 3 rings (SSSR count). The minimum absolute atomic E-state index is 0.0220. The number of rotatable bonds is 6. The van der Waals surface area contributed by atoms with E-state index in [1.165, 1.54) is 54.6 Å². The molecular formula is C17H14N4O5S2. The zero-order valence-electron chi connectivity index (χ0n) is 14.4. The molecule has 1 aromatic heterocycles. The van der Waals surface area contributed by atoms with Gasteiger partial charge in [-0.1, -0.05) is 5.16 Å². The molecule has 0 saturated heterocycles. The minimum Gasteiger partial charge on any atom is -0.360 e. The molecule has 2 aromatic carbocycles. The van der Waals surface area contributed by atoms with Crippen LogP contribution >= 0.6 is 0 Å². The third kappa shape index (κ3) is 4.30. The maximum absolute atomic E-state index is 12.4. The zero-order valence-corrected chi connectivity index (χ0v) is 16.1. The predicted octanol–water partition coefficient (Wildman–Crippen LogP) is 2.46. The van der Waals surface area contributed by atoms with Crippen molar-refractivity contribution in [3.05, 3.63) is 65.9 Å². The second kappa shape index (κ2) is 7.34. The molecule has 0 aliphatic carbocycles. The van der Waals surface area contributed by atoms with Gasteiger partial charge in [0.05, 0.1) is 21.4 Å². The van der Waals surface area contributed by atoms with Gasteiger partial charge in [-0.15, -0.1) is 0 Å². The Morgan fingerprint density at radius 1 is 0.893 bits per heavy atom. The first-order valence-electron chi connectivity index (χ1n) is 7.79. The lowest BCUT2D eigenvalue weighted by atomic mass is 10.2. The lowest BCUT2D eigenvalue weighted by Crippen LogP contribution is -2.14. The smallest absolute Gasteiger partial charge is 0.263 e. The van der Waals surface area contributed by atoms with Crippen LogP contribution in [0, 0.1) is 18.3 Å².